The van der Waals surface area contributed by atoms with Crippen LogP contribution in [0, 0.1) is 0 Å². The van der Waals surface area contributed by atoms with Crippen molar-refractivity contribution in [3.05, 3.63) is 60.2 Å². The van der Waals surface area contributed by atoms with Crippen molar-refractivity contribution in [1.29, 1.82) is 0 Å². The molecule has 1 aliphatic rings. The largest absolute Gasteiger partial charge is 0.370 e. The third-order valence-corrected chi connectivity index (χ3v) is 5.15. The van der Waals surface area contributed by atoms with E-state index in [1.54, 1.807) is 0 Å². The van der Waals surface area contributed by atoms with Gasteiger partial charge in [0.2, 0.25) is 0 Å². The number of aliphatic imine (C=N–C) groups is 1. The molecule has 3 nitrogen and oxygen atoms in total. The van der Waals surface area contributed by atoms with Crippen molar-refractivity contribution in [3.63, 3.8) is 0 Å². The molecule has 4 heteroatoms. The molecule has 0 radical (unpaired) electrons. The Morgan fingerprint density at radius 2 is 1.71 bits per heavy atom. The van der Waals surface area contributed by atoms with Crippen LogP contribution in [0.4, 0.5) is 5.69 Å². The molecule has 1 aromatic carbocycles. The molecule has 0 N–H and O–H groups in total. The monoisotopic (exact) mass is 397 g/mol. The molecule has 0 aliphatic carbocycles. The zero-order valence-corrected chi connectivity index (χ0v) is 18.1. The highest BCUT2D eigenvalue weighted by Gasteiger charge is 2.14. The lowest BCUT2D eigenvalue weighted by molar-refractivity contribution is 0.289. The van der Waals surface area contributed by atoms with Crippen molar-refractivity contribution in [1.82, 2.24) is 4.90 Å². The van der Waals surface area contributed by atoms with E-state index in [4.69, 9.17) is 0 Å². The minimum Gasteiger partial charge on any atom is -0.370 e. The summed E-state index contributed by atoms with van der Waals surface area (Å²) in [6, 6.07) is 8.92. The number of nitrogens with zero attached hydrogens (tertiary/aromatic N) is 3. The quantitative estimate of drug-likeness (QED) is 0.256. The fourth-order valence-electron chi connectivity index (χ4n) is 3.27. The third kappa shape index (κ3) is 8.94. The van der Waals surface area contributed by atoms with Crippen molar-refractivity contribution in [2.45, 2.75) is 26.2 Å². The van der Waals surface area contributed by atoms with Crippen LogP contribution in [-0.4, -0.2) is 56.1 Å². The summed E-state index contributed by atoms with van der Waals surface area (Å²) in [5.41, 5.74) is 2.57. The Labute approximate surface area is 176 Å². The number of anilines is 1. The van der Waals surface area contributed by atoms with Gasteiger partial charge in [0.15, 0.2) is 0 Å². The number of allylic oxidation sites excluding steroid dienone is 5. The van der Waals surface area contributed by atoms with Gasteiger partial charge in [0.1, 0.15) is 0 Å². The summed E-state index contributed by atoms with van der Waals surface area (Å²) in [5.74, 6) is 1.00. The predicted octanol–water partition coefficient (Wildman–Crippen LogP) is 5.13. The summed E-state index contributed by atoms with van der Waals surface area (Å²) >= 11 is 4.31. The molecule has 1 aromatic rings. The van der Waals surface area contributed by atoms with Gasteiger partial charge in [-0.05, 0) is 68.8 Å². The Hall–Kier alpha value is -1.78. The molecule has 1 fully saturated rings. The van der Waals surface area contributed by atoms with Crippen LogP contribution in [0.25, 0.3) is 6.08 Å². The topological polar surface area (TPSA) is 18.8 Å². The zero-order valence-electron chi connectivity index (χ0n) is 17.2. The van der Waals surface area contributed by atoms with Gasteiger partial charge in [0, 0.05) is 38.1 Å². The van der Waals surface area contributed by atoms with Crippen LogP contribution < -0.4 is 4.90 Å². The van der Waals surface area contributed by atoms with E-state index in [-0.39, 0.29) is 0 Å². The van der Waals surface area contributed by atoms with Gasteiger partial charge in [-0.2, -0.15) is 12.6 Å². The average molecular weight is 398 g/mol. The molecule has 1 saturated heterocycles. The normalized spacial score (nSPS) is 16.9. The zero-order chi connectivity index (χ0) is 19.9. The lowest BCUT2D eigenvalue weighted by Gasteiger charge is -2.23. The third-order valence-electron chi connectivity index (χ3n) is 4.84. The van der Waals surface area contributed by atoms with Crippen molar-refractivity contribution in [2.75, 3.05) is 49.9 Å². The molecule has 0 spiro atoms. The maximum atomic E-state index is 4.31. The van der Waals surface area contributed by atoms with Gasteiger partial charge < -0.3 is 9.80 Å². The minimum absolute atomic E-state index is 0.829. The Morgan fingerprint density at radius 3 is 2.50 bits per heavy atom. The van der Waals surface area contributed by atoms with E-state index in [2.05, 4.69) is 63.8 Å². The second-order valence-corrected chi connectivity index (χ2v) is 7.43. The fraction of sp³-hybridized carbons (Fsp3) is 0.458. The van der Waals surface area contributed by atoms with E-state index in [0.29, 0.717) is 0 Å². The number of hydrogen-bond acceptors (Lipinski definition) is 4. The summed E-state index contributed by atoms with van der Waals surface area (Å²) in [6.07, 6.45) is 17.8. The first-order valence-electron chi connectivity index (χ1n) is 10.5. The van der Waals surface area contributed by atoms with Crippen molar-refractivity contribution < 1.29 is 0 Å². The van der Waals surface area contributed by atoms with Gasteiger partial charge >= 0.3 is 0 Å². The molecule has 1 heterocycles. The number of thiol groups is 1. The number of benzene rings is 1. The summed E-state index contributed by atoms with van der Waals surface area (Å²) in [6.45, 7) is 8.72. The highest BCUT2D eigenvalue weighted by Crippen LogP contribution is 2.18. The van der Waals surface area contributed by atoms with Crippen LogP contribution in [-0.2, 0) is 0 Å². The minimum atomic E-state index is 0.829. The van der Waals surface area contributed by atoms with Gasteiger partial charge in [0.05, 0.1) is 0 Å². The van der Waals surface area contributed by atoms with Crippen molar-refractivity contribution >= 4 is 30.6 Å². The summed E-state index contributed by atoms with van der Waals surface area (Å²) in [7, 11) is 0. The van der Waals surface area contributed by atoms with E-state index in [0.717, 1.165) is 31.9 Å². The highest BCUT2D eigenvalue weighted by molar-refractivity contribution is 7.80. The lowest BCUT2D eigenvalue weighted by atomic mass is 10.1. The van der Waals surface area contributed by atoms with Gasteiger partial charge in [-0.1, -0.05) is 42.5 Å². The molecule has 28 heavy (non-hydrogen) atoms. The first kappa shape index (κ1) is 22.5. The molecule has 152 valence electrons. The van der Waals surface area contributed by atoms with E-state index in [9.17, 15) is 0 Å². The lowest BCUT2D eigenvalue weighted by Crippen LogP contribution is -2.31. The van der Waals surface area contributed by atoms with Crippen LogP contribution >= 0.6 is 12.6 Å². The fourth-order valence-corrected chi connectivity index (χ4v) is 3.49. The van der Waals surface area contributed by atoms with Gasteiger partial charge in [-0.25, -0.2) is 0 Å². The smallest absolute Gasteiger partial charge is 0.0367 e. The Kier molecular flexibility index (Phi) is 11.5. The number of rotatable bonds is 10. The Balaban J connectivity index is 1.80. The molecular formula is C24H35N3S. The van der Waals surface area contributed by atoms with Crippen LogP contribution in [0.15, 0.2) is 59.6 Å². The van der Waals surface area contributed by atoms with Crippen molar-refractivity contribution in [3.8, 4) is 0 Å². The molecule has 0 atom stereocenters. The van der Waals surface area contributed by atoms with Gasteiger partial charge in [-0.3, -0.25) is 4.99 Å². The van der Waals surface area contributed by atoms with Crippen LogP contribution in [0.1, 0.15) is 31.7 Å². The number of hydrogen-bond donors (Lipinski definition) is 1. The van der Waals surface area contributed by atoms with Crippen LogP contribution in [0.5, 0.6) is 0 Å². The Bertz CT molecular complexity index is 646. The molecule has 0 bridgehead atoms. The summed E-state index contributed by atoms with van der Waals surface area (Å²) in [5, 5.41) is 0. The van der Waals surface area contributed by atoms with E-state index in [1.165, 1.54) is 43.6 Å². The molecule has 0 amide bonds. The van der Waals surface area contributed by atoms with Crippen LogP contribution in [0.2, 0.25) is 0 Å². The van der Waals surface area contributed by atoms with Gasteiger partial charge in [0.25, 0.3) is 0 Å². The molecule has 0 unspecified atom stereocenters. The molecule has 0 saturated carbocycles. The SMILES string of the molecule is CCN=C\C=C/C=C/C=C/c1ccc(N2CCCN(CCCCS)CC2)cc1. The maximum absolute atomic E-state index is 4.31. The summed E-state index contributed by atoms with van der Waals surface area (Å²) < 4.78 is 0. The predicted molar refractivity (Wildman–Crippen MR) is 129 cm³/mol. The summed E-state index contributed by atoms with van der Waals surface area (Å²) in [4.78, 5) is 9.27. The molecule has 0 aromatic heterocycles. The molecule has 1 aliphatic heterocycles. The molecule has 2 rings (SSSR count). The van der Waals surface area contributed by atoms with E-state index >= 15 is 0 Å². The van der Waals surface area contributed by atoms with Crippen molar-refractivity contribution in [2.24, 2.45) is 4.99 Å². The maximum Gasteiger partial charge on any atom is 0.0367 e. The first-order valence-corrected chi connectivity index (χ1v) is 11.1. The second-order valence-electron chi connectivity index (χ2n) is 6.98. The number of unbranched alkanes of at least 4 members (excludes halogenated alkanes) is 1. The molecular weight excluding hydrogens is 362 g/mol. The Morgan fingerprint density at radius 1 is 0.929 bits per heavy atom. The highest BCUT2D eigenvalue weighted by atomic mass is 32.1. The van der Waals surface area contributed by atoms with E-state index in [1.807, 2.05) is 37.4 Å². The van der Waals surface area contributed by atoms with E-state index < -0.39 is 0 Å². The first-order chi connectivity index (χ1) is 13.8. The van der Waals surface area contributed by atoms with Gasteiger partial charge in [-0.15, -0.1) is 0 Å². The van der Waals surface area contributed by atoms with Crippen LogP contribution in [0.3, 0.4) is 0 Å². The standard InChI is InChI=1S/C24H35N3S/c1-2-25-16-7-5-3-4-6-11-23-12-14-24(15-13-23)27-19-10-18-26(20-21-27)17-8-9-22-28/h3-7,11-16,28H,2,8-10,17-22H2,1H3/b4-3+,7-5-,11-6+,25-16?. The average Bonchev–Trinajstić information content (AvgIpc) is 2.96. The second kappa shape index (κ2) is 14.3.